The molecule has 0 saturated heterocycles. The summed E-state index contributed by atoms with van der Waals surface area (Å²) in [4.78, 5) is 0. The lowest BCUT2D eigenvalue weighted by atomic mass is 10.4. The fourth-order valence-electron chi connectivity index (χ4n) is 0.404. The van der Waals surface area contributed by atoms with Crippen LogP contribution in [0, 0.1) is 0 Å². The van der Waals surface area contributed by atoms with Crippen LogP contribution in [0.4, 0.5) is 0 Å². The summed E-state index contributed by atoms with van der Waals surface area (Å²) in [6, 6.07) is 0. The lowest BCUT2D eigenvalue weighted by Crippen LogP contribution is -2.00. The van der Waals surface area contributed by atoms with Crippen LogP contribution in [-0.2, 0) is 4.57 Å². The first kappa shape index (κ1) is 7.89. The largest absolute Gasteiger partial charge is 0.285 e. The molecule has 0 fully saturated rings. The van der Waals surface area contributed by atoms with Crippen molar-refractivity contribution in [3.05, 3.63) is 11.4 Å². The van der Waals surface area contributed by atoms with Crippen molar-refractivity contribution in [2.24, 2.45) is 11.0 Å². The highest BCUT2D eigenvalue weighted by atomic mass is 31.2. The molecule has 0 amide bonds. The Bertz CT molecular complexity index is 142. The maximum Gasteiger partial charge on any atom is 0.228 e. The van der Waals surface area contributed by atoms with E-state index in [-0.39, 0.29) is 0 Å². The van der Waals surface area contributed by atoms with Crippen LogP contribution < -0.4 is 11.0 Å². The van der Waals surface area contributed by atoms with E-state index >= 15 is 0 Å². The van der Waals surface area contributed by atoms with Crippen molar-refractivity contribution in [1.82, 2.24) is 0 Å². The molecule has 0 aliphatic heterocycles. The van der Waals surface area contributed by atoms with Crippen molar-refractivity contribution in [3.8, 4) is 0 Å². The molecule has 3 nitrogen and oxygen atoms in total. The summed E-state index contributed by atoms with van der Waals surface area (Å²) in [5.74, 6) is 1.38. The van der Waals surface area contributed by atoms with Crippen molar-refractivity contribution in [2.45, 2.75) is 13.8 Å². The first-order chi connectivity index (χ1) is 3.42. The van der Waals surface area contributed by atoms with Gasteiger partial charge in [0.2, 0.25) is 7.44 Å². The van der Waals surface area contributed by atoms with Crippen LogP contribution in [0.1, 0.15) is 13.8 Å². The summed E-state index contributed by atoms with van der Waals surface area (Å²) in [6.45, 7) is 3.60. The fourth-order valence-corrected chi connectivity index (χ4v) is 1.21. The van der Waals surface area contributed by atoms with Crippen molar-refractivity contribution in [1.29, 1.82) is 0 Å². The molecule has 0 unspecified atom stereocenters. The molecule has 0 bridgehead atoms. The highest BCUT2D eigenvalue weighted by molar-refractivity contribution is 7.62. The number of nitrogens with two attached hydrogens (primary N) is 2. The first-order valence-electron chi connectivity index (χ1n) is 2.25. The molecule has 0 aromatic heterocycles. The van der Waals surface area contributed by atoms with Crippen LogP contribution in [0.3, 0.4) is 0 Å². The Morgan fingerprint density at radius 3 is 1.88 bits per heavy atom. The molecule has 4 N–H and O–H groups in total. The standard InChI is InChI=1S/C4H11N2OP/c1-4(2)3-8(5,6)7/h3H,1-2H3,(H4,5,6,7). The van der Waals surface area contributed by atoms with Gasteiger partial charge in [0.25, 0.3) is 0 Å². The van der Waals surface area contributed by atoms with Crippen molar-refractivity contribution in [3.63, 3.8) is 0 Å². The van der Waals surface area contributed by atoms with Gasteiger partial charge in [-0.15, -0.1) is 0 Å². The lowest BCUT2D eigenvalue weighted by molar-refractivity contribution is 0.582. The van der Waals surface area contributed by atoms with E-state index in [2.05, 4.69) is 0 Å². The van der Waals surface area contributed by atoms with Crippen LogP contribution >= 0.6 is 7.44 Å². The van der Waals surface area contributed by atoms with Crippen molar-refractivity contribution in [2.75, 3.05) is 0 Å². The van der Waals surface area contributed by atoms with Crippen molar-refractivity contribution >= 4 is 7.44 Å². The number of hydrogen-bond donors (Lipinski definition) is 2. The highest BCUT2D eigenvalue weighted by Crippen LogP contribution is 2.27. The second-order valence-electron chi connectivity index (χ2n) is 1.97. The zero-order valence-electron chi connectivity index (χ0n) is 5.09. The van der Waals surface area contributed by atoms with E-state index in [1.54, 1.807) is 13.8 Å². The maximum atomic E-state index is 10.5. The third kappa shape index (κ3) is 5.89. The Kier molecular flexibility index (Phi) is 2.41. The molecule has 8 heavy (non-hydrogen) atoms. The highest BCUT2D eigenvalue weighted by Gasteiger charge is 1.99. The Balaban J connectivity index is 4.11. The molecule has 0 radical (unpaired) electrons. The molecule has 0 spiro atoms. The van der Waals surface area contributed by atoms with E-state index < -0.39 is 7.44 Å². The van der Waals surface area contributed by atoms with E-state index in [9.17, 15) is 4.57 Å². The molecule has 4 heteroatoms. The predicted octanol–water partition coefficient (Wildman–Crippen LogP) is 1.02. The van der Waals surface area contributed by atoms with Crippen molar-refractivity contribution < 1.29 is 4.57 Å². The van der Waals surface area contributed by atoms with Gasteiger partial charge in [-0.05, 0) is 13.8 Å². The molecular weight excluding hydrogens is 123 g/mol. The van der Waals surface area contributed by atoms with Gasteiger partial charge in [0, 0.05) is 5.82 Å². The minimum atomic E-state index is -2.88. The molecule has 0 saturated carbocycles. The van der Waals surface area contributed by atoms with E-state index in [4.69, 9.17) is 11.0 Å². The Labute approximate surface area is 49.2 Å². The van der Waals surface area contributed by atoms with Gasteiger partial charge < -0.3 is 0 Å². The molecule has 48 valence electrons. The average Bonchev–Trinajstić information content (AvgIpc) is 1.21. The van der Waals surface area contributed by atoms with E-state index in [1.165, 1.54) is 5.82 Å². The van der Waals surface area contributed by atoms with E-state index in [0.29, 0.717) is 0 Å². The third-order valence-corrected chi connectivity index (χ3v) is 1.38. The van der Waals surface area contributed by atoms with E-state index in [0.717, 1.165) is 5.57 Å². The molecule has 0 aliphatic carbocycles. The summed E-state index contributed by atoms with van der Waals surface area (Å²) in [7, 11) is -2.88. The maximum absolute atomic E-state index is 10.5. The second-order valence-corrected chi connectivity index (χ2v) is 3.75. The third-order valence-electron chi connectivity index (χ3n) is 0.460. The van der Waals surface area contributed by atoms with Gasteiger partial charge in [0.1, 0.15) is 0 Å². The average molecular weight is 134 g/mol. The second kappa shape index (κ2) is 2.44. The SMILES string of the molecule is CC(C)=CP(N)(N)=O. The van der Waals surface area contributed by atoms with Gasteiger partial charge in [0.15, 0.2) is 0 Å². The van der Waals surface area contributed by atoms with Gasteiger partial charge in [-0.25, -0.2) is 0 Å². The number of rotatable bonds is 1. The smallest absolute Gasteiger partial charge is 0.228 e. The topological polar surface area (TPSA) is 69.1 Å². The van der Waals surface area contributed by atoms with Crippen LogP contribution in [-0.4, -0.2) is 0 Å². The Hall–Kier alpha value is -0.110. The van der Waals surface area contributed by atoms with Crippen LogP contribution in [0.2, 0.25) is 0 Å². The zero-order valence-corrected chi connectivity index (χ0v) is 5.98. The number of allylic oxidation sites excluding steroid dienone is 1. The van der Waals surface area contributed by atoms with Gasteiger partial charge >= 0.3 is 0 Å². The van der Waals surface area contributed by atoms with Gasteiger partial charge in [-0.2, -0.15) is 0 Å². The molecule has 0 aromatic carbocycles. The van der Waals surface area contributed by atoms with Gasteiger partial charge in [-0.1, -0.05) is 5.57 Å². The zero-order chi connectivity index (χ0) is 6.78. The summed E-state index contributed by atoms with van der Waals surface area (Å²) < 4.78 is 10.5. The molecule has 0 heterocycles. The predicted molar refractivity (Wildman–Crippen MR) is 35.4 cm³/mol. The monoisotopic (exact) mass is 134 g/mol. The summed E-state index contributed by atoms with van der Waals surface area (Å²) in [5.41, 5.74) is 10.9. The fraction of sp³-hybridized carbons (Fsp3) is 0.500. The lowest BCUT2D eigenvalue weighted by Gasteiger charge is -1.97. The van der Waals surface area contributed by atoms with Gasteiger partial charge in [-0.3, -0.25) is 15.6 Å². The van der Waals surface area contributed by atoms with Crippen LogP contribution in [0.25, 0.3) is 0 Å². The molecule has 0 atom stereocenters. The van der Waals surface area contributed by atoms with Crippen LogP contribution in [0.15, 0.2) is 11.4 Å². The summed E-state index contributed by atoms with van der Waals surface area (Å²) >= 11 is 0. The normalized spacial score (nSPS) is 11.0. The molecule has 0 aromatic rings. The summed E-state index contributed by atoms with van der Waals surface area (Å²) in [6.07, 6.45) is 0. The Morgan fingerprint density at radius 1 is 1.50 bits per heavy atom. The molecule has 0 rings (SSSR count). The van der Waals surface area contributed by atoms with E-state index in [1.807, 2.05) is 0 Å². The van der Waals surface area contributed by atoms with Gasteiger partial charge in [0.05, 0.1) is 0 Å². The minimum absolute atomic E-state index is 0.887. The minimum Gasteiger partial charge on any atom is -0.285 e. The Morgan fingerprint density at radius 2 is 1.88 bits per heavy atom. The van der Waals surface area contributed by atoms with Crippen LogP contribution in [0.5, 0.6) is 0 Å². The first-order valence-corrected chi connectivity index (χ1v) is 4.16. The quantitative estimate of drug-likeness (QED) is 0.526. The summed E-state index contributed by atoms with van der Waals surface area (Å²) in [5, 5.41) is 0. The molecule has 0 aliphatic rings. The number of hydrogen-bond acceptors (Lipinski definition) is 1. The molecular formula is C4H11N2OP.